The molecular formula is C16H18N4. The van der Waals surface area contributed by atoms with Gasteiger partial charge < -0.3 is 10.3 Å². The number of nitrogen functional groups attached to an aromatic ring is 1. The SMILES string of the molecule is CCn1c(CCc2cccc(N)c2)nc2cccnc21. The lowest BCUT2D eigenvalue weighted by molar-refractivity contribution is 0.702. The summed E-state index contributed by atoms with van der Waals surface area (Å²) in [5.41, 5.74) is 9.81. The number of fused-ring (bicyclic) bond motifs is 1. The fourth-order valence-electron chi connectivity index (χ4n) is 2.53. The Morgan fingerprint density at radius 1 is 1.15 bits per heavy atom. The summed E-state index contributed by atoms with van der Waals surface area (Å²) >= 11 is 0. The highest BCUT2D eigenvalue weighted by Crippen LogP contribution is 2.16. The Kier molecular flexibility index (Phi) is 3.37. The van der Waals surface area contributed by atoms with Crippen molar-refractivity contribution in [1.82, 2.24) is 14.5 Å². The second-order valence-electron chi connectivity index (χ2n) is 4.86. The zero-order chi connectivity index (χ0) is 13.9. The highest BCUT2D eigenvalue weighted by atomic mass is 15.1. The number of rotatable bonds is 4. The minimum Gasteiger partial charge on any atom is -0.399 e. The fourth-order valence-corrected chi connectivity index (χ4v) is 2.53. The summed E-state index contributed by atoms with van der Waals surface area (Å²) in [6, 6.07) is 12.0. The first-order valence-corrected chi connectivity index (χ1v) is 6.92. The van der Waals surface area contributed by atoms with Crippen LogP contribution < -0.4 is 5.73 Å². The van der Waals surface area contributed by atoms with E-state index in [9.17, 15) is 0 Å². The first-order valence-electron chi connectivity index (χ1n) is 6.92. The van der Waals surface area contributed by atoms with E-state index in [-0.39, 0.29) is 0 Å². The number of nitrogens with zero attached hydrogens (tertiary/aromatic N) is 3. The standard InChI is InChI=1S/C16H18N4/c1-2-20-15(19-14-7-4-10-18-16(14)20)9-8-12-5-3-6-13(17)11-12/h3-7,10-11H,2,8-9,17H2,1H3. The normalized spacial score (nSPS) is 11.1. The van der Waals surface area contributed by atoms with Crippen LogP contribution in [0.5, 0.6) is 0 Å². The number of imidazole rings is 1. The van der Waals surface area contributed by atoms with Gasteiger partial charge in [0.25, 0.3) is 0 Å². The third kappa shape index (κ3) is 2.37. The summed E-state index contributed by atoms with van der Waals surface area (Å²) in [4.78, 5) is 9.11. The molecule has 0 saturated heterocycles. The van der Waals surface area contributed by atoms with Gasteiger partial charge in [-0.25, -0.2) is 9.97 Å². The Balaban J connectivity index is 1.87. The molecule has 2 aromatic heterocycles. The molecule has 0 atom stereocenters. The molecule has 0 saturated carbocycles. The van der Waals surface area contributed by atoms with E-state index in [1.54, 1.807) is 0 Å². The summed E-state index contributed by atoms with van der Waals surface area (Å²) in [5, 5.41) is 0. The van der Waals surface area contributed by atoms with Crippen LogP contribution in [-0.2, 0) is 19.4 Å². The highest BCUT2D eigenvalue weighted by molar-refractivity contribution is 5.71. The summed E-state index contributed by atoms with van der Waals surface area (Å²) in [6.45, 7) is 3.01. The Hall–Kier alpha value is -2.36. The molecule has 0 spiro atoms. The molecule has 102 valence electrons. The van der Waals surface area contributed by atoms with E-state index < -0.39 is 0 Å². The van der Waals surface area contributed by atoms with Crippen LogP contribution in [0, 0.1) is 0 Å². The number of anilines is 1. The second kappa shape index (κ2) is 5.33. The van der Waals surface area contributed by atoms with Gasteiger partial charge in [0.05, 0.1) is 0 Å². The number of nitrogens with two attached hydrogens (primary N) is 1. The van der Waals surface area contributed by atoms with E-state index in [0.717, 1.165) is 42.1 Å². The molecule has 1 aromatic carbocycles. The fraction of sp³-hybridized carbons (Fsp3) is 0.250. The van der Waals surface area contributed by atoms with Gasteiger partial charge in [-0.15, -0.1) is 0 Å². The number of aromatic nitrogens is 3. The van der Waals surface area contributed by atoms with Crippen LogP contribution in [0.25, 0.3) is 11.2 Å². The van der Waals surface area contributed by atoms with E-state index in [1.165, 1.54) is 5.56 Å². The number of benzene rings is 1. The molecule has 2 N–H and O–H groups in total. The van der Waals surface area contributed by atoms with E-state index in [0.29, 0.717) is 0 Å². The van der Waals surface area contributed by atoms with Crippen molar-refractivity contribution < 1.29 is 0 Å². The van der Waals surface area contributed by atoms with Crippen molar-refractivity contribution in [2.75, 3.05) is 5.73 Å². The summed E-state index contributed by atoms with van der Waals surface area (Å²) < 4.78 is 2.18. The quantitative estimate of drug-likeness (QED) is 0.739. The van der Waals surface area contributed by atoms with Gasteiger partial charge in [-0.3, -0.25) is 0 Å². The van der Waals surface area contributed by atoms with Crippen LogP contribution in [0.1, 0.15) is 18.3 Å². The molecule has 4 heteroatoms. The van der Waals surface area contributed by atoms with E-state index >= 15 is 0 Å². The molecule has 0 bridgehead atoms. The van der Waals surface area contributed by atoms with E-state index in [2.05, 4.69) is 22.5 Å². The van der Waals surface area contributed by atoms with Gasteiger partial charge in [0.1, 0.15) is 11.3 Å². The number of hydrogen-bond acceptors (Lipinski definition) is 3. The predicted molar refractivity (Wildman–Crippen MR) is 81.5 cm³/mol. The molecule has 4 nitrogen and oxygen atoms in total. The van der Waals surface area contributed by atoms with Gasteiger partial charge in [-0.05, 0) is 43.2 Å². The lowest BCUT2D eigenvalue weighted by Crippen LogP contribution is -2.04. The molecule has 0 aliphatic carbocycles. The molecule has 0 aliphatic heterocycles. The molecule has 0 radical (unpaired) electrons. The molecule has 3 rings (SSSR count). The zero-order valence-electron chi connectivity index (χ0n) is 11.6. The average Bonchev–Trinajstić information content (AvgIpc) is 2.82. The average molecular weight is 266 g/mol. The van der Waals surface area contributed by atoms with Gasteiger partial charge in [-0.2, -0.15) is 0 Å². The second-order valence-corrected chi connectivity index (χ2v) is 4.86. The third-order valence-corrected chi connectivity index (χ3v) is 3.49. The van der Waals surface area contributed by atoms with E-state index in [4.69, 9.17) is 10.7 Å². The molecule has 20 heavy (non-hydrogen) atoms. The van der Waals surface area contributed by atoms with Crippen LogP contribution in [0.4, 0.5) is 5.69 Å². The van der Waals surface area contributed by atoms with Crippen LogP contribution >= 0.6 is 0 Å². The van der Waals surface area contributed by atoms with Crippen molar-refractivity contribution in [2.45, 2.75) is 26.3 Å². The highest BCUT2D eigenvalue weighted by Gasteiger charge is 2.09. The van der Waals surface area contributed by atoms with Gasteiger partial charge in [0.15, 0.2) is 5.65 Å². The number of aryl methyl sites for hydroxylation is 3. The van der Waals surface area contributed by atoms with Crippen LogP contribution in [0.3, 0.4) is 0 Å². The topological polar surface area (TPSA) is 56.7 Å². The molecular weight excluding hydrogens is 248 g/mol. The van der Waals surface area contributed by atoms with Gasteiger partial charge in [0, 0.05) is 24.8 Å². The van der Waals surface area contributed by atoms with Gasteiger partial charge in [-0.1, -0.05) is 12.1 Å². The maximum Gasteiger partial charge on any atom is 0.159 e. The van der Waals surface area contributed by atoms with Crippen molar-refractivity contribution in [3.63, 3.8) is 0 Å². The molecule has 0 aliphatic rings. The summed E-state index contributed by atoms with van der Waals surface area (Å²) in [7, 11) is 0. The predicted octanol–water partition coefficient (Wildman–Crippen LogP) is 2.82. The van der Waals surface area contributed by atoms with Crippen LogP contribution in [0.2, 0.25) is 0 Å². The number of hydrogen-bond donors (Lipinski definition) is 1. The number of pyridine rings is 1. The summed E-state index contributed by atoms with van der Waals surface area (Å²) in [6.07, 6.45) is 3.65. The molecule has 0 unspecified atom stereocenters. The molecule has 2 heterocycles. The zero-order valence-corrected chi connectivity index (χ0v) is 11.6. The minimum atomic E-state index is 0.813. The Morgan fingerprint density at radius 2 is 2.05 bits per heavy atom. The lowest BCUT2D eigenvalue weighted by Gasteiger charge is -2.06. The van der Waals surface area contributed by atoms with Crippen LogP contribution in [0.15, 0.2) is 42.6 Å². The van der Waals surface area contributed by atoms with Crippen LogP contribution in [-0.4, -0.2) is 14.5 Å². The smallest absolute Gasteiger partial charge is 0.159 e. The largest absolute Gasteiger partial charge is 0.399 e. The molecule has 0 amide bonds. The monoisotopic (exact) mass is 266 g/mol. The Labute approximate surface area is 118 Å². The lowest BCUT2D eigenvalue weighted by atomic mass is 10.1. The minimum absolute atomic E-state index is 0.813. The first-order chi connectivity index (χ1) is 9.78. The van der Waals surface area contributed by atoms with Crippen molar-refractivity contribution in [2.24, 2.45) is 0 Å². The van der Waals surface area contributed by atoms with Crippen molar-refractivity contribution in [3.05, 3.63) is 54.0 Å². The molecule has 0 fully saturated rings. The van der Waals surface area contributed by atoms with Crippen molar-refractivity contribution >= 4 is 16.9 Å². The third-order valence-electron chi connectivity index (χ3n) is 3.49. The van der Waals surface area contributed by atoms with Gasteiger partial charge in [0.2, 0.25) is 0 Å². The summed E-state index contributed by atoms with van der Waals surface area (Å²) in [5.74, 6) is 1.09. The van der Waals surface area contributed by atoms with E-state index in [1.807, 2.05) is 36.5 Å². The Bertz CT molecular complexity index is 730. The van der Waals surface area contributed by atoms with Gasteiger partial charge >= 0.3 is 0 Å². The first kappa shape index (κ1) is 12.7. The maximum absolute atomic E-state index is 5.81. The Morgan fingerprint density at radius 3 is 2.85 bits per heavy atom. The van der Waals surface area contributed by atoms with Crippen molar-refractivity contribution in [3.8, 4) is 0 Å². The van der Waals surface area contributed by atoms with Crippen molar-refractivity contribution in [1.29, 1.82) is 0 Å². The molecule has 3 aromatic rings. The maximum atomic E-state index is 5.81.